The van der Waals surface area contributed by atoms with Gasteiger partial charge in [0.25, 0.3) is 5.56 Å². The lowest BCUT2D eigenvalue weighted by atomic mass is 9.83. The van der Waals surface area contributed by atoms with Crippen LogP contribution in [0.1, 0.15) is 23.6 Å². The van der Waals surface area contributed by atoms with Gasteiger partial charge in [-0.25, -0.2) is 4.79 Å². The maximum atomic E-state index is 13.3. The summed E-state index contributed by atoms with van der Waals surface area (Å²) in [5.74, 6) is -0.158. The van der Waals surface area contributed by atoms with E-state index in [-0.39, 0.29) is 29.2 Å². The van der Waals surface area contributed by atoms with Crippen LogP contribution in [0, 0.1) is 12.8 Å². The number of rotatable bonds is 3. The highest BCUT2D eigenvalue weighted by Gasteiger charge is 2.37. The summed E-state index contributed by atoms with van der Waals surface area (Å²) in [6, 6.07) is 16.4. The fraction of sp³-hybridized carbons (Fsp3) is 0.308. The molecule has 2 unspecified atom stereocenters. The van der Waals surface area contributed by atoms with E-state index >= 15 is 0 Å². The maximum absolute atomic E-state index is 13.3. The van der Waals surface area contributed by atoms with Crippen LogP contribution in [0.4, 0.5) is 23.7 Å². The molecule has 0 radical (unpaired) electrons. The number of pyridine rings is 1. The number of piperidine rings is 1. The van der Waals surface area contributed by atoms with Crippen molar-refractivity contribution in [2.45, 2.75) is 32.2 Å². The Bertz CT molecular complexity index is 1300. The van der Waals surface area contributed by atoms with Crippen LogP contribution >= 0.6 is 0 Å². The zero-order chi connectivity index (χ0) is 24.7. The number of benzene rings is 2. The molecule has 6 nitrogen and oxygen atoms in total. The highest BCUT2D eigenvalue weighted by molar-refractivity contribution is 5.89. The van der Waals surface area contributed by atoms with Crippen LogP contribution in [0.2, 0.25) is 0 Å². The number of urea groups is 1. The number of halogens is 3. The van der Waals surface area contributed by atoms with Gasteiger partial charge in [0.05, 0.1) is 0 Å². The van der Waals surface area contributed by atoms with Crippen molar-refractivity contribution in [3.8, 4) is 16.9 Å². The van der Waals surface area contributed by atoms with Gasteiger partial charge in [-0.2, -0.15) is 0 Å². The molecule has 1 saturated heterocycles. The Balaban J connectivity index is 1.34. The Labute approximate surface area is 199 Å². The highest BCUT2D eigenvalue weighted by atomic mass is 19.4. The largest absolute Gasteiger partial charge is 0.573 e. The number of carbonyl (C=O) groups excluding carboxylic acids is 1. The van der Waals surface area contributed by atoms with Gasteiger partial charge in [0, 0.05) is 42.5 Å². The summed E-state index contributed by atoms with van der Waals surface area (Å²) in [6.07, 6.45) is -3.87. The molecule has 1 N–H and O–H groups in total. The van der Waals surface area contributed by atoms with Crippen LogP contribution in [0.3, 0.4) is 0 Å². The fourth-order valence-corrected chi connectivity index (χ4v) is 5.01. The molecular formula is C26H24F3N3O3. The first-order chi connectivity index (χ1) is 16.7. The minimum Gasteiger partial charge on any atom is -0.406 e. The number of nitrogens with one attached hydrogen (secondary N) is 1. The molecule has 0 aliphatic carbocycles. The number of amides is 2. The number of fused-ring (bicyclic) bond motifs is 4. The average molecular weight is 483 g/mol. The van der Waals surface area contributed by atoms with Gasteiger partial charge >= 0.3 is 12.4 Å². The Hall–Kier alpha value is -3.75. The predicted molar refractivity (Wildman–Crippen MR) is 125 cm³/mol. The molecule has 2 aromatic carbocycles. The SMILES string of the molecule is Cc1ccc(NC(=O)N2CC3CC(C2)c2ccc(-c4ccc(OC(F)(F)F)cc4)c(=O)n2C3)cc1. The van der Waals surface area contributed by atoms with Crippen molar-refractivity contribution in [3.63, 3.8) is 0 Å². The molecule has 3 aromatic rings. The van der Waals surface area contributed by atoms with Crippen LogP contribution < -0.4 is 15.6 Å². The standard InChI is InChI=1S/C26H24F3N3O3/c1-16-2-6-20(7-3-16)30-25(34)31-13-17-12-19(15-31)23-11-10-22(24(33)32(23)14-17)18-4-8-21(9-5-18)35-26(27,28)29/h2-11,17,19H,12-15H2,1H3,(H,30,34). The molecule has 1 aromatic heterocycles. The Morgan fingerprint density at radius 1 is 0.971 bits per heavy atom. The smallest absolute Gasteiger partial charge is 0.406 e. The molecule has 2 amide bonds. The van der Waals surface area contributed by atoms with Crippen molar-refractivity contribution < 1.29 is 22.7 Å². The number of hydrogen-bond acceptors (Lipinski definition) is 3. The van der Waals surface area contributed by atoms with Gasteiger partial charge < -0.3 is 19.5 Å². The summed E-state index contributed by atoms with van der Waals surface area (Å²) in [6.45, 7) is 3.53. The minimum atomic E-state index is -4.77. The second kappa shape index (κ2) is 8.79. The Morgan fingerprint density at radius 3 is 2.37 bits per heavy atom. The van der Waals surface area contributed by atoms with E-state index in [9.17, 15) is 22.8 Å². The first-order valence-corrected chi connectivity index (χ1v) is 11.4. The Morgan fingerprint density at radius 2 is 1.69 bits per heavy atom. The van der Waals surface area contributed by atoms with E-state index < -0.39 is 6.36 Å². The van der Waals surface area contributed by atoms with Gasteiger partial charge in [0.1, 0.15) is 5.75 Å². The number of anilines is 1. The van der Waals surface area contributed by atoms with Gasteiger partial charge in [0.15, 0.2) is 0 Å². The molecule has 182 valence electrons. The van der Waals surface area contributed by atoms with Crippen molar-refractivity contribution in [3.05, 3.63) is 82.3 Å². The van der Waals surface area contributed by atoms with E-state index in [1.165, 1.54) is 24.3 Å². The van der Waals surface area contributed by atoms with Gasteiger partial charge in [-0.05, 0) is 61.2 Å². The molecule has 0 saturated carbocycles. The third-order valence-electron chi connectivity index (χ3n) is 6.59. The topological polar surface area (TPSA) is 63.6 Å². The molecule has 2 aliphatic heterocycles. The average Bonchev–Trinajstić information content (AvgIpc) is 2.81. The summed E-state index contributed by atoms with van der Waals surface area (Å²) >= 11 is 0. The molecule has 5 rings (SSSR count). The van der Waals surface area contributed by atoms with Gasteiger partial charge in [-0.15, -0.1) is 13.2 Å². The van der Waals surface area contributed by atoms with Gasteiger partial charge in [-0.3, -0.25) is 4.79 Å². The number of hydrogen-bond donors (Lipinski definition) is 1. The molecule has 35 heavy (non-hydrogen) atoms. The van der Waals surface area contributed by atoms with Crippen LogP contribution in [-0.2, 0) is 6.54 Å². The second-order valence-electron chi connectivity index (χ2n) is 9.16. The number of alkyl halides is 3. The van der Waals surface area contributed by atoms with E-state index in [4.69, 9.17) is 0 Å². The molecule has 1 fully saturated rings. The molecular weight excluding hydrogens is 459 g/mol. The molecule has 2 aliphatic rings. The zero-order valence-corrected chi connectivity index (χ0v) is 19.0. The maximum Gasteiger partial charge on any atom is 0.573 e. The Kier molecular flexibility index (Phi) is 5.78. The molecule has 3 heterocycles. The van der Waals surface area contributed by atoms with Crippen molar-refractivity contribution in [2.24, 2.45) is 5.92 Å². The van der Waals surface area contributed by atoms with E-state index in [1.54, 1.807) is 15.5 Å². The van der Waals surface area contributed by atoms with E-state index in [2.05, 4.69) is 10.1 Å². The first kappa shape index (κ1) is 23.0. The number of ether oxygens (including phenoxy) is 1. The van der Waals surface area contributed by atoms with Crippen LogP contribution in [-0.4, -0.2) is 34.9 Å². The quantitative estimate of drug-likeness (QED) is 0.545. The van der Waals surface area contributed by atoms with E-state index in [1.807, 2.05) is 37.3 Å². The zero-order valence-electron chi connectivity index (χ0n) is 19.0. The first-order valence-electron chi connectivity index (χ1n) is 11.4. The second-order valence-corrected chi connectivity index (χ2v) is 9.16. The van der Waals surface area contributed by atoms with Crippen LogP contribution in [0.25, 0.3) is 11.1 Å². The van der Waals surface area contributed by atoms with Crippen molar-refractivity contribution in [2.75, 3.05) is 18.4 Å². The summed E-state index contributed by atoms with van der Waals surface area (Å²) in [7, 11) is 0. The lowest BCUT2D eigenvalue weighted by molar-refractivity contribution is -0.274. The lowest BCUT2D eigenvalue weighted by Gasteiger charge is -2.42. The number of nitrogens with zero attached hydrogens (tertiary/aromatic N) is 2. The van der Waals surface area contributed by atoms with Crippen molar-refractivity contribution in [1.82, 2.24) is 9.47 Å². The monoisotopic (exact) mass is 483 g/mol. The summed E-state index contributed by atoms with van der Waals surface area (Å²) in [5, 5.41) is 2.95. The number of likely N-dealkylation sites (tertiary alicyclic amines) is 1. The summed E-state index contributed by atoms with van der Waals surface area (Å²) in [4.78, 5) is 28.0. The molecule has 9 heteroatoms. The lowest BCUT2D eigenvalue weighted by Crippen LogP contribution is -2.50. The van der Waals surface area contributed by atoms with Crippen molar-refractivity contribution in [1.29, 1.82) is 0 Å². The summed E-state index contributed by atoms with van der Waals surface area (Å²) in [5.41, 5.74) is 3.49. The van der Waals surface area contributed by atoms with Gasteiger partial charge in [-0.1, -0.05) is 29.8 Å². The highest BCUT2D eigenvalue weighted by Crippen LogP contribution is 2.36. The third kappa shape index (κ3) is 4.89. The van der Waals surface area contributed by atoms with Crippen LogP contribution in [0.5, 0.6) is 5.75 Å². The number of aromatic nitrogens is 1. The van der Waals surface area contributed by atoms with Gasteiger partial charge in [0.2, 0.25) is 0 Å². The van der Waals surface area contributed by atoms with E-state index in [0.29, 0.717) is 30.8 Å². The minimum absolute atomic E-state index is 0.0376. The van der Waals surface area contributed by atoms with Crippen LogP contribution in [0.15, 0.2) is 65.5 Å². The van der Waals surface area contributed by atoms with Crippen molar-refractivity contribution >= 4 is 11.7 Å². The molecule has 2 atom stereocenters. The number of aryl methyl sites for hydroxylation is 1. The molecule has 0 spiro atoms. The normalized spacial score (nSPS) is 19.1. The fourth-order valence-electron chi connectivity index (χ4n) is 5.01. The molecule has 2 bridgehead atoms. The predicted octanol–water partition coefficient (Wildman–Crippen LogP) is 5.37. The summed E-state index contributed by atoms with van der Waals surface area (Å²) < 4.78 is 42.9. The van der Waals surface area contributed by atoms with E-state index in [0.717, 1.165) is 23.4 Å². The third-order valence-corrected chi connectivity index (χ3v) is 6.59. The number of carbonyl (C=O) groups is 1.